The molecule has 1 unspecified atom stereocenters. The standard InChI is InChI=1S/C15H19N3S2/c1-2-4-16-13(8-12-3-6-19-11-12)9-14-10-18-5-7-20-15(18)17-14/h3,5-7,10-11,13,16H,2,4,8-9H2,1H3. The number of rotatable bonds is 7. The summed E-state index contributed by atoms with van der Waals surface area (Å²) >= 11 is 3.46. The van der Waals surface area contributed by atoms with Gasteiger partial charge in [0.25, 0.3) is 0 Å². The molecule has 0 saturated heterocycles. The van der Waals surface area contributed by atoms with E-state index in [9.17, 15) is 0 Å². The van der Waals surface area contributed by atoms with E-state index in [1.807, 2.05) is 0 Å². The monoisotopic (exact) mass is 305 g/mol. The molecule has 3 aromatic heterocycles. The van der Waals surface area contributed by atoms with Crippen LogP contribution in [-0.2, 0) is 12.8 Å². The molecule has 0 aliphatic carbocycles. The predicted octanol–water partition coefficient (Wildman–Crippen LogP) is 3.61. The van der Waals surface area contributed by atoms with Crippen LogP contribution in [0.1, 0.15) is 24.6 Å². The molecule has 3 heterocycles. The average molecular weight is 305 g/mol. The number of fused-ring (bicyclic) bond motifs is 1. The highest BCUT2D eigenvalue weighted by Gasteiger charge is 2.13. The third-order valence-electron chi connectivity index (χ3n) is 3.34. The molecule has 3 rings (SSSR count). The normalized spacial score (nSPS) is 13.1. The second-order valence-corrected chi connectivity index (χ2v) is 6.67. The van der Waals surface area contributed by atoms with Crippen molar-refractivity contribution in [3.63, 3.8) is 0 Å². The first-order chi connectivity index (χ1) is 9.85. The van der Waals surface area contributed by atoms with Gasteiger partial charge in [-0.2, -0.15) is 11.3 Å². The van der Waals surface area contributed by atoms with Crippen molar-refractivity contribution in [3.8, 4) is 0 Å². The SMILES string of the molecule is CCCNC(Cc1ccsc1)Cc1cn2ccsc2n1. The lowest BCUT2D eigenvalue weighted by Crippen LogP contribution is -2.33. The van der Waals surface area contributed by atoms with Crippen molar-refractivity contribution >= 4 is 27.6 Å². The fourth-order valence-electron chi connectivity index (χ4n) is 2.39. The molecule has 0 amide bonds. The maximum atomic E-state index is 4.69. The van der Waals surface area contributed by atoms with Gasteiger partial charge in [-0.05, 0) is 41.8 Å². The molecule has 5 heteroatoms. The van der Waals surface area contributed by atoms with Gasteiger partial charge < -0.3 is 5.32 Å². The number of thiophene rings is 1. The molecule has 0 fully saturated rings. The molecule has 0 aliphatic heterocycles. The summed E-state index contributed by atoms with van der Waals surface area (Å²) in [5, 5.41) is 10.1. The molecule has 1 atom stereocenters. The first-order valence-corrected chi connectivity index (χ1v) is 8.83. The van der Waals surface area contributed by atoms with Crippen molar-refractivity contribution < 1.29 is 0 Å². The molecule has 0 aromatic carbocycles. The fourth-order valence-corrected chi connectivity index (χ4v) is 3.79. The van der Waals surface area contributed by atoms with Gasteiger partial charge in [-0.15, -0.1) is 11.3 Å². The maximum absolute atomic E-state index is 4.69. The first kappa shape index (κ1) is 13.8. The van der Waals surface area contributed by atoms with E-state index >= 15 is 0 Å². The summed E-state index contributed by atoms with van der Waals surface area (Å²) in [6.07, 6.45) is 7.46. The number of nitrogens with one attached hydrogen (secondary N) is 1. The molecule has 3 aromatic rings. The van der Waals surface area contributed by atoms with E-state index in [1.54, 1.807) is 22.7 Å². The zero-order valence-corrected chi connectivity index (χ0v) is 13.2. The Balaban J connectivity index is 1.69. The minimum atomic E-state index is 0.467. The number of nitrogens with zero attached hydrogens (tertiary/aromatic N) is 2. The van der Waals surface area contributed by atoms with Crippen molar-refractivity contribution in [2.45, 2.75) is 32.2 Å². The summed E-state index contributed by atoms with van der Waals surface area (Å²) in [4.78, 5) is 5.78. The van der Waals surface area contributed by atoms with Crippen molar-refractivity contribution in [3.05, 3.63) is 45.9 Å². The van der Waals surface area contributed by atoms with E-state index < -0.39 is 0 Å². The van der Waals surface area contributed by atoms with Gasteiger partial charge in [-0.25, -0.2) is 4.98 Å². The van der Waals surface area contributed by atoms with Crippen molar-refractivity contribution in [1.82, 2.24) is 14.7 Å². The van der Waals surface area contributed by atoms with Gasteiger partial charge in [-0.3, -0.25) is 4.40 Å². The molecule has 0 spiro atoms. The van der Waals surface area contributed by atoms with Crippen LogP contribution < -0.4 is 5.32 Å². The smallest absolute Gasteiger partial charge is 0.193 e. The molecule has 1 N–H and O–H groups in total. The number of imidazole rings is 1. The zero-order valence-electron chi connectivity index (χ0n) is 11.6. The Kier molecular flexibility index (Phi) is 4.50. The van der Waals surface area contributed by atoms with Crippen LogP contribution in [0.2, 0.25) is 0 Å². The molecule has 0 radical (unpaired) electrons. The lowest BCUT2D eigenvalue weighted by molar-refractivity contribution is 0.502. The van der Waals surface area contributed by atoms with E-state index in [4.69, 9.17) is 4.98 Å². The van der Waals surface area contributed by atoms with E-state index in [-0.39, 0.29) is 0 Å². The number of thiazole rings is 1. The summed E-state index contributed by atoms with van der Waals surface area (Å²) in [5.74, 6) is 0. The summed E-state index contributed by atoms with van der Waals surface area (Å²) in [6.45, 7) is 3.28. The predicted molar refractivity (Wildman–Crippen MR) is 86.9 cm³/mol. The minimum Gasteiger partial charge on any atom is -0.313 e. The molecular weight excluding hydrogens is 286 g/mol. The van der Waals surface area contributed by atoms with E-state index in [0.717, 1.165) is 24.3 Å². The Bertz CT molecular complexity index is 610. The molecule has 20 heavy (non-hydrogen) atoms. The van der Waals surface area contributed by atoms with Gasteiger partial charge in [-0.1, -0.05) is 6.92 Å². The number of aromatic nitrogens is 2. The Hall–Kier alpha value is -1.17. The summed E-state index contributed by atoms with van der Waals surface area (Å²) in [6, 6.07) is 2.69. The van der Waals surface area contributed by atoms with Gasteiger partial charge in [0.1, 0.15) is 0 Å². The van der Waals surface area contributed by atoms with Crippen LogP contribution in [0.5, 0.6) is 0 Å². The minimum absolute atomic E-state index is 0.467. The van der Waals surface area contributed by atoms with Gasteiger partial charge in [0.2, 0.25) is 0 Å². The maximum Gasteiger partial charge on any atom is 0.193 e. The first-order valence-electron chi connectivity index (χ1n) is 7.00. The van der Waals surface area contributed by atoms with E-state index in [1.165, 1.54) is 17.7 Å². The molecular formula is C15H19N3S2. The fraction of sp³-hybridized carbons (Fsp3) is 0.400. The Labute approximate surface area is 127 Å². The number of hydrogen-bond donors (Lipinski definition) is 1. The lowest BCUT2D eigenvalue weighted by Gasteiger charge is -2.16. The molecule has 0 bridgehead atoms. The summed E-state index contributed by atoms with van der Waals surface area (Å²) in [7, 11) is 0. The van der Waals surface area contributed by atoms with Crippen LogP contribution >= 0.6 is 22.7 Å². The van der Waals surface area contributed by atoms with Crippen LogP contribution in [0, 0.1) is 0 Å². The Morgan fingerprint density at radius 3 is 3.05 bits per heavy atom. The number of hydrogen-bond acceptors (Lipinski definition) is 4. The third-order valence-corrected chi connectivity index (χ3v) is 4.85. The van der Waals surface area contributed by atoms with Gasteiger partial charge in [0, 0.05) is 30.2 Å². The van der Waals surface area contributed by atoms with Gasteiger partial charge >= 0.3 is 0 Å². The van der Waals surface area contributed by atoms with Crippen LogP contribution in [0.15, 0.2) is 34.6 Å². The highest BCUT2D eigenvalue weighted by Crippen LogP contribution is 2.15. The topological polar surface area (TPSA) is 29.3 Å². The highest BCUT2D eigenvalue weighted by molar-refractivity contribution is 7.15. The van der Waals surface area contributed by atoms with Crippen LogP contribution in [0.3, 0.4) is 0 Å². The van der Waals surface area contributed by atoms with Crippen molar-refractivity contribution in [2.24, 2.45) is 0 Å². The molecule has 3 nitrogen and oxygen atoms in total. The van der Waals surface area contributed by atoms with Crippen LogP contribution in [0.25, 0.3) is 4.96 Å². The zero-order chi connectivity index (χ0) is 13.8. The van der Waals surface area contributed by atoms with Crippen molar-refractivity contribution in [2.75, 3.05) is 6.54 Å². The third kappa shape index (κ3) is 3.29. The van der Waals surface area contributed by atoms with E-state index in [0.29, 0.717) is 6.04 Å². The van der Waals surface area contributed by atoms with Crippen molar-refractivity contribution in [1.29, 1.82) is 0 Å². The van der Waals surface area contributed by atoms with Gasteiger partial charge in [0.15, 0.2) is 4.96 Å². The summed E-state index contributed by atoms with van der Waals surface area (Å²) < 4.78 is 2.11. The largest absolute Gasteiger partial charge is 0.313 e. The quantitative estimate of drug-likeness (QED) is 0.722. The lowest BCUT2D eigenvalue weighted by atomic mass is 10.0. The van der Waals surface area contributed by atoms with E-state index in [2.05, 4.69) is 51.2 Å². The Morgan fingerprint density at radius 2 is 2.30 bits per heavy atom. The molecule has 106 valence electrons. The second kappa shape index (κ2) is 6.52. The summed E-state index contributed by atoms with van der Waals surface area (Å²) in [5.41, 5.74) is 2.60. The second-order valence-electron chi connectivity index (χ2n) is 5.02. The van der Waals surface area contributed by atoms with Crippen LogP contribution in [-0.4, -0.2) is 22.0 Å². The Morgan fingerprint density at radius 1 is 1.35 bits per heavy atom. The van der Waals surface area contributed by atoms with Crippen LogP contribution in [0.4, 0.5) is 0 Å². The van der Waals surface area contributed by atoms with Gasteiger partial charge in [0.05, 0.1) is 5.69 Å². The highest BCUT2D eigenvalue weighted by atomic mass is 32.1. The molecule has 0 aliphatic rings. The molecule has 0 saturated carbocycles. The average Bonchev–Trinajstić information content (AvgIpc) is 3.12.